The van der Waals surface area contributed by atoms with Gasteiger partial charge in [0.05, 0.1) is 12.1 Å². The monoisotopic (exact) mass is 466 g/mol. The van der Waals surface area contributed by atoms with E-state index < -0.39 is 35.7 Å². The molecule has 32 heavy (non-hydrogen) atoms. The number of carbonyl (C=O) groups is 3. The van der Waals surface area contributed by atoms with Crippen LogP contribution in [0.2, 0.25) is 5.02 Å². The maximum Gasteiger partial charge on any atom is 0.410 e. The molecule has 1 N–H and O–H groups in total. The molecule has 9 heteroatoms. The Balaban J connectivity index is 2.11. The van der Waals surface area contributed by atoms with Crippen molar-refractivity contribution in [2.24, 2.45) is 0 Å². The van der Waals surface area contributed by atoms with Gasteiger partial charge in [-0.15, -0.1) is 0 Å². The quantitative estimate of drug-likeness (QED) is 0.465. The number of nitrogens with zero attached hydrogens (tertiary/aromatic N) is 1. The predicted molar refractivity (Wildman–Crippen MR) is 121 cm³/mol. The molecular weight excluding hydrogens is 436 g/mol. The molecule has 8 nitrogen and oxygen atoms in total. The third-order valence-electron chi connectivity index (χ3n) is 4.78. The molecular formula is C23H31ClN2O6. The van der Waals surface area contributed by atoms with Crippen LogP contribution in [0.25, 0.3) is 0 Å². The van der Waals surface area contributed by atoms with Crippen molar-refractivity contribution in [3.05, 3.63) is 41.4 Å². The van der Waals surface area contributed by atoms with Crippen molar-refractivity contribution in [1.82, 2.24) is 10.2 Å². The number of likely N-dealkylation sites (tertiary alicyclic amines) is 1. The molecule has 0 radical (unpaired) electrons. The molecule has 1 heterocycles. The summed E-state index contributed by atoms with van der Waals surface area (Å²) in [5.74, 6) is -0.531. The molecule has 1 aromatic carbocycles. The van der Waals surface area contributed by atoms with Crippen LogP contribution in [0.4, 0.5) is 4.79 Å². The molecule has 1 aromatic rings. The zero-order valence-electron chi connectivity index (χ0n) is 19.0. The van der Waals surface area contributed by atoms with E-state index in [0.29, 0.717) is 42.3 Å². The van der Waals surface area contributed by atoms with Gasteiger partial charge < -0.3 is 19.5 Å². The van der Waals surface area contributed by atoms with Gasteiger partial charge in [-0.3, -0.25) is 9.69 Å². The molecule has 2 amide bonds. The summed E-state index contributed by atoms with van der Waals surface area (Å²) in [5.41, 5.74) is 0.0443. The molecule has 0 aliphatic carbocycles. The number of carbonyl (C=O) groups excluding carboxylic acids is 3. The number of rotatable bonds is 8. The van der Waals surface area contributed by atoms with E-state index in [1.807, 2.05) is 0 Å². The second-order valence-electron chi connectivity index (χ2n) is 8.48. The minimum absolute atomic E-state index is 0.166. The smallest absolute Gasteiger partial charge is 0.410 e. The van der Waals surface area contributed by atoms with Gasteiger partial charge in [-0.1, -0.05) is 30.3 Å². The van der Waals surface area contributed by atoms with Crippen molar-refractivity contribution in [1.29, 1.82) is 0 Å². The van der Waals surface area contributed by atoms with Crippen LogP contribution in [0.1, 0.15) is 39.2 Å². The lowest BCUT2D eigenvalue weighted by molar-refractivity contribution is -0.145. The first-order valence-electron chi connectivity index (χ1n) is 10.5. The van der Waals surface area contributed by atoms with E-state index in [1.54, 1.807) is 45.0 Å². The second kappa shape index (κ2) is 11.2. The van der Waals surface area contributed by atoms with Gasteiger partial charge in [0, 0.05) is 13.0 Å². The zero-order chi connectivity index (χ0) is 23.9. The average molecular weight is 467 g/mol. The van der Waals surface area contributed by atoms with Crippen molar-refractivity contribution < 1.29 is 28.6 Å². The Morgan fingerprint density at radius 1 is 1.34 bits per heavy atom. The lowest BCUT2D eigenvalue weighted by Crippen LogP contribution is -2.52. The van der Waals surface area contributed by atoms with E-state index in [4.69, 9.17) is 25.8 Å². The summed E-state index contributed by atoms with van der Waals surface area (Å²) in [4.78, 5) is 39.2. The van der Waals surface area contributed by atoms with Crippen LogP contribution in [0, 0.1) is 0 Å². The highest BCUT2D eigenvalue weighted by Crippen LogP contribution is 2.26. The van der Waals surface area contributed by atoms with E-state index in [1.165, 1.54) is 12.0 Å². The maximum atomic E-state index is 13.0. The maximum absolute atomic E-state index is 13.0. The van der Waals surface area contributed by atoms with E-state index >= 15 is 0 Å². The van der Waals surface area contributed by atoms with Crippen LogP contribution >= 0.6 is 11.6 Å². The standard InChI is InChI=1S/C23H31ClN2O6/c1-6-12-31-19-10-9-15(13-16(19)24)14-17(21(28)30-5)25-20(27)18-8-7-11-26(18)22(29)32-23(2,3)4/h6,9-10,13,17-18H,1,7-8,11-12,14H2,2-5H3,(H,25,27)/t17-,18-/m0/s1. The fraction of sp³-hybridized carbons (Fsp3) is 0.522. The number of hydrogen-bond donors (Lipinski definition) is 1. The number of methoxy groups -OCH3 is 1. The van der Waals surface area contributed by atoms with Gasteiger partial charge >= 0.3 is 12.1 Å². The third-order valence-corrected chi connectivity index (χ3v) is 5.07. The highest BCUT2D eigenvalue weighted by atomic mass is 35.5. The Hall–Kier alpha value is -2.74. The number of amides is 2. The molecule has 1 aliphatic heterocycles. The molecule has 0 unspecified atom stereocenters. The molecule has 1 fully saturated rings. The highest BCUT2D eigenvalue weighted by molar-refractivity contribution is 6.32. The molecule has 176 valence electrons. The Kier molecular flexibility index (Phi) is 8.95. The van der Waals surface area contributed by atoms with Gasteiger partial charge in [-0.2, -0.15) is 0 Å². The number of esters is 1. The van der Waals surface area contributed by atoms with Crippen LogP contribution in [0.3, 0.4) is 0 Å². The van der Waals surface area contributed by atoms with Crippen LogP contribution in [0.5, 0.6) is 5.75 Å². The van der Waals surface area contributed by atoms with Crippen LogP contribution in [-0.4, -0.2) is 60.8 Å². The van der Waals surface area contributed by atoms with Gasteiger partial charge in [-0.05, 0) is 51.3 Å². The molecule has 1 aliphatic rings. The van der Waals surface area contributed by atoms with E-state index in [9.17, 15) is 14.4 Å². The molecule has 2 rings (SSSR count). The summed E-state index contributed by atoms with van der Waals surface area (Å²) in [6.07, 6.45) is 2.38. The third kappa shape index (κ3) is 7.15. The summed E-state index contributed by atoms with van der Waals surface area (Å²) < 4.78 is 15.7. The van der Waals surface area contributed by atoms with Gasteiger partial charge in [0.1, 0.15) is 30.0 Å². The first kappa shape index (κ1) is 25.5. The average Bonchev–Trinajstić information content (AvgIpc) is 3.21. The number of benzene rings is 1. The van der Waals surface area contributed by atoms with Gasteiger partial charge in [0.2, 0.25) is 5.91 Å². The van der Waals surface area contributed by atoms with Gasteiger partial charge in [0.25, 0.3) is 0 Å². The van der Waals surface area contributed by atoms with Crippen LogP contribution in [-0.2, 0) is 25.5 Å². The number of ether oxygens (including phenoxy) is 3. The second-order valence-corrected chi connectivity index (χ2v) is 8.89. The van der Waals surface area contributed by atoms with Gasteiger partial charge in [-0.25, -0.2) is 9.59 Å². The molecule has 2 atom stereocenters. The molecule has 1 saturated heterocycles. The fourth-order valence-corrected chi connectivity index (χ4v) is 3.61. The number of halogens is 1. The van der Waals surface area contributed by atoms with Crippen LogP contribution < -0.4 is 10.1 Å². The highest BCUT2D eigenvalue weighted by Gasteiger charge is 2.38. The van der Waals surface area contributed by atoms with E-state index in [2.05, 4.69) is 11.9 Å². The molecule has 0 saturated carbocycles. The van der Waals surface area contributed by atoms with Crippen molar-refractivity contribution in [2.45, 2.75) is 57.7 Å². The van der Waals surface area contributed by atoms with E-state index in [-0.39, 0.29) is 6.42 Å². The topological polar surface area (TPSA) is 94.2 Å². The normalized spacial score (nSPS) is 16.8. The van der Waals surface area contributed by atoms with Crippen LogP contribution in [0.15, 0.2) is 30.9 Å². The molecule has 0 aromatic heterocycles. The summed E-state index contributed by atoms with van der Waals surface area (Å²) in [5, 5.41) is 3.10. The molecule has 0 bridgehead atoms. The summed E-state index contributed by atoms with van der Waals surface area (Å²) in [6, 6.07) is 3.47. The number of nitrogens with one attached hydrogen (secondary N) is 1. The summed E-state index contributed by atoms with van der Waals surface area (Å²) in [7, 11) is 1.25. The van der Waals surface area contributed by atoms with Crippen molar-refractivity contribution in [3.63, 3.8) is 0 Å². The Bertz CT molecular complexity index is 851. The van der Waals surface area contributed by atoms with Crippen molar-refractivity contribution >= 4 is 29.6 Å². The van der Waals surface area contributed by atoms with E-state index in [0.717, 1.165) is 0 Å². The lowest BCUT2D eigenvalue weighted by Gasteiger charge is -2.29. The predicted octanol–water partition coefficient (Wildman–Crippen LogP) is 3.50. The van der Waals surface area contributed by atoms with Crippen molar-refractivity contribution in [2.75, 3.05) is 20.3 Å². The minimum atomic E-state index is -0.940. The number of hydrogen-bond acceptors (Lipinski definition) is 6. The summed E-state index contributed by atoms with van der Waals surface area (Å²) >= 11 is 6.26. The Morgan fingerprint density at radius 2 is 2.06 bits per heavy atom. The Morgan fingerprint density at radius 3 is 2.66 bits per heavy atom. The largest absolute Gasteiger partial charge is 0.488 e. The zero-order valence-corrected chi connectivity index (χ0v) is 19.7. The Labute approximate surface area is 193 Å². The fourth-order valence-electron chi connectivity index (χ4n) is 3.35. The SMILES string of the molecule is C=CCOc1ccc(C[C@H](NC(=O)[C@@H]2CCCN2C(=O)OC(C)(C)C)C(=O)OC)cc1Cl. The molecule has 0 spiro atoms. The first-order chi connectivity index (χ1) is 15.1. The van der Waals surface area contributed by atoms with Crippen molar-refractivity contribution in [3.8, 4) is 5.75 Å². The lowest BCUT2D eigenvalue weighted by atomic mass is 10.0. The minimum Gasteiger partial charge on any atom is -0.488 e. The van der Waals surface area contributed by atoms with Gasteiger partial charge in [0.15, 0.2) is 0 Å². The summed E-state index contributed by atoms with van der Waals surface area (Å²) in [6.45, 7) is 9.62. The first-order valence-corrected chi connectivity index (χ1v) is 10.8.